The molecule has 1 saturated heterocycles. The first-order valence-corrected chi connectivity index (χ1v) is 15.0. The zero-order valence-corrected chi connectivity index (χ0v) is 24.9. The number of piperazine rings is 1. The number of alkyl halides is 2. The molecule has 2 N–H and O–H groups in total. The van der Waals surface area contributed by atoms with Crippen LogP contribution < -0.4 is 14.8 Å². The summed E-state index contributed by atoms with van der Waals surface area (Å²) in [5.41, 5.74) is 3.51. The number of hydrogen-bond donors (Lipinski definition) is 2. The minimum absolute atomic E-state index is 0.0545. The molecule has 2 aromatic carbocycles. The second-order valence-corrected chi connectivity index (χ2v) is 11.5. The number of aliphatic hydroxyl groups excluding tert-OH is 1. The third kappa shape index (κ3) is 6.81. The van der Waals surface area contributed by atoms with Crippen LogP contribution in [-0.2, 0) is 4.79 Å². The Hall–Kier alpha value is -4.42. The molecule has 236 valence electrons. The van der Waals surface area contributed by atoms with Gasteiger partial charge in [-0.05, 0) is 61.2 Å². The van der Waals surface area contributed by atoms with Gasteiger partial charge in [0.05, 0.1) is 31.5 Å². The molecule has 12 heteroatoms. The van der Waals surface area contributed by atoms with Crippen LogP contribution in [0.3, 0.4) is 0 Å². The van der Waals surface area contributed by atoms with Gasteiger partial charge in [0.25, 0.3) is 5.91 Å². The molecule has 3 aromatic rings. The van der Waals surface area contributed by atoms with Gasteiger partial charge < -0.3 is 24.8 Å². The topological polar surface area (TPSA) is 117 Å². The van der Waals surface area contributed by atoms with E-state index in [9.17, 15) is 23.5 Å². The number of benzene rings is 2. The summed E-state index contributed by atoms with van der Waals surface area (Å²) >= 11 is 0. The van der Waals surface area contributed by atoms with Crippen LogP contribution in [-0.4, -0.2) is 96.0 Å². The molecule has 3 aliphatic rings. The SMILES string of the molecule is COc1cc2c(cc1OC(F)F)C1CC(O)CCC1N=C2c1ccc(C(=O)N2CCN(CC(=O)Nc3ccccn3)CC2)cc1. The third-order valence-electron chi connectivity index (χ3n) is 8.65. The second-order valence-electron chi connectivity index (χ2n) is 11.5. The Bertz CT molecular complexity index is 1560. The standard InChI is InChI=1S/C33H35F2N5O5/c1-44-27-18-25-23(17-28(27)45-33(34)35)24-16-22(41)9-10-26(24)37-31(25)20-5-7-21(8-6-20)32(43)40-14-12-39(13-15-40)19-30(42)38-29-4-2-3-11-36-29/h2-8,11,17-18,22,24,26,33,41H,9-10,12-16,19H2,1H3,(H,36,38,42). The van der Waals surface area contributed by atoms with E-state index >= 15 is 0 Å². The highest BCUT2D eigenvalue weighted by molar-refractivity contribution is 6.15. The highest BCUT2D eigenvalue weighted by Gasteiger charge is 2.37. The van der Waals surface area contributed by atoms with Gasteiger partial charge in [0.15, 0.2) is 11.5 Å². The van der Waals surface area contributed by atoms with Gasteiger partial charge in [0.2, 0.25) is 5.91 Å². The number of fused-ring (bicyclic) bond motifs is 3. The predicted molar refractivity (Wildman–Crippen MR) is 163 cm³/mol. The van der Waals surface area contributed by atoms with Crippen LogP contribution in [0.1, 0.15) is 52.2 Å². The van der Waals surface area contributed by atoms with Crippen LogP contribution in [0.2, 0.25) is 0 Å². The van der Waals surface area contributed by atoms with Crippen molar-refractivity contribution in [2.24, 2.45) is 4.99 Å². The van der Waals surface area contributed by atoms with Gasteiger partial charge in [0, 0.05) is 55.0 Å². The first-order valence-electron chi connectivity index (χ1n) is 15.0. The van der Waals surface area contributed by atoms with E-state index in [4.69, 9.17) is 14.5 Å². The molecule has 2 aliphatic heterocycles. The van der Waals surface area contributed by atoms with E-state index in [0.717, 1.165) is 16.7 Å². The minimum atomic E-state index is -3.01. The largest absolute Gasteiger partial charge is 0.493 e. The van der Waals surface area contributed by atoms with Crippen molar-refractivity contribution in [1.29, 1.82) is 0 Å². The molecule has 3 heterocycles. The van der Waals surface area contributed by atoms with Crippen LogP contribution in [0.15, 0.2) is 65.8 Å². The Morgan fingerprint density at radius 1 is 1.04 bits per heavy atom. The van der Waals surface area contributed by atoms with E-state index in [2.05, 4.69) is 10.3 Å². The number of pyridine rings is 1. The molecule has 45 heavy (non-hydrogen) atoms. The van der Waals surface area contributed by atoms with Crippen molar-refractivity contribution >= 4 is 23.3 Å². The number of hydrogen-bond acceptors (Lipinski definition) is 8. The first-order chi connectivity index (χ1) is 21.8. The molecule has 6 rings (SSSR count). The smallest absolute Gasteiger partial charge is 0.387 e. The predicted octanol–water partition coefficient (Wildman–Crippen LogP) is 3.94. The van der Waals surface area contributed by atoms with Crippen LogP contribution >= 0.6 is 0 Å². The van der Waals surface area contributed by atoms with Crippen molar-refractivity contribution in [3.8, 4) is 11.5 Å². The molecule has 2 amide bonds. The minimum Gasteiger partial charge on any atom is -0.493 e. The van der Waals surface area contributed by atoms with E-state index in [1.165, 1.54) is 7.11 Å². The molecule has 0 spiro atoms. The average Bonchev–Trinajstić information content (AvgIpc) is 3.04. The van der Waals surface area contributed by atoms with Crippen LogP contribution in [0.4, 0.5) is 14.6 Å². The van der Waals surface area contributed by atoms with Crippen LogP contribution in [0.25, 0.3) is 0 Å². The fraction of sp³-hybridized carbons (Fsp3) is 0.394. The maximum atomic E-state index is 13.4. The summed E-state index contributed by atoms with van der Waals surface area (Å²) in [6.45, 7) is -0.651. The summed E-state index contributed by atoms with van der Waals surface area (Å²) in [5.74, 6) is 0.227. The van der Waals surface area contributed by atoms with Crippen molar-refractivity contribution < 1.29 is 33.0 Å². The lowest BCUT2D eigenvalue weighted by Crippen LogP contribution is -2.50. The fourth-order valence-corrected chi connectivity index (χ4v) is 6.41. The normalized spacial score (nSPS) is 21.4. The molecular formula is C33H35F2N5O5. The Balaban J connectivity index is 1.15. The highest BCUT2D eigenvalue weighted by Crippen LogP contribution is 2.45. The number of rotatable bonds is 8. The molecule has 0 bridgehead atoms. The number of nitrogens with one attached hydrogen (secondary N) is 1. The molecule has 1 aliphatic carbocycles. The molecule has 10 nitrogen and oxygen atoms in total. The summed E-state index contributed by atoms with van der Waals surface area (Å²) in [6.07, 6.45) is 2.88. The Morgan fingerprint density at radius 2 is 1.82 bits per heavy atom. The number of aliphatic hydroxyl groups is 1. The van der Waals surface area contributed by atoms with Crippen LogP contribution in [0, 0.1) is 0 Å². The molecule has 1 saturated carbocycles. The number of nitrogens with zero attached hydrogens (tertiary/aromatic N) is 4. The number of carbonyl (C=O) groups is 2. The van der Waals surface area contributed by atoms with Gasteiger partial charge in [-0.3, -0.25) is 19.5 Å². The Labute approximate surface area is 259 Å². The molecule has 0 radical (unpaired) electrons. The van der Waals surface area contributed by atoms with Crippen molar-refractivity contribution in [2.75, 3.05) is 45.2 Å². The maximum absolute atomic E-state index is 13.4. The van der Waals surface area contributed by atoms with E-state index in [1.807, 2.05) is 17.0 Å². The second kappa shape index (κ2) is 13.3. The Kier molecular flexibility index (Phi) is 9.04. The average molecular weight is 620 g/mol. The zero-order chi connectivity index (χ0) is 31.5. The van der Waals surface area contributed by atoms with E-state index in [1.54, 1.807) is 53.6 Å². The van der Waals surface area contributed by atoms with Crippen molar-refractivity contribution in [3.05, 3.63) is 83.0 Å². The maximum Gasteiger partial charge on any atom is 0.387 e. The van der Waals surface area contributed by atoms with Crippen molar-refractivity contribution in [2.45, 2.75) is 43.9 Å². The molecule has 3 atom stereocenters. The van der Waals surface area contributed by atoms with E-state index < -0.39 is 12.7 Å². The number of carbonyl (C=O) groups excluding carboxylic acids is 2. The van der Waals surface area contributed by atoms with Gasteiger partial charge in [-0.2, -0.15) is 8.78 Å². The number of amides is 2. The van der Waals surface area contributed by atoms with Crippen LogP contribution in [0.5, 0.6) is 11.5 Å². The molecule has 1 aromatic heterocycles. The van der Waals surface area contributed by atoms with Gasteiger partial charge in [-0.1, -0.05) is 18.2 Å². The lowest BCUT2D eigenvalue weighted by Gasteiger charge is -2.37. The number of aliphatic imine (C=N–C) groups is 1. The monoisotopic (exact) mass is 619 g/mol. The number of ether oxygens (including phenoxy) is 2. The van der Waals surface area contributed by atoms with Crippen molar-refractivity contribution in [1.82, 2.24) is 14.8 Å². The summed E-state index contributed by atoms with van der Waals surface area (Å²) < 4.78 is 36.5. The van der Waals surface area contributed by atoms with Gasteiger partial charge >= 0.3 is 6.61 Å². The fourth-order valence-electron chi connectivity index (χ4n) is 6.41. The quantitative estimate of drug-likeness (QED) is 0.393. The van der Waals surface area contributed by atoms with Crippen molar-refractivity contribution in [3.63, 3.8) is 0 Å². The summed E-state index contributed by atoms with van der Waals surface area (Å²) in [6, 6.07) is 15.7. The third-order valence-corrected chi connectivity index (χ3v) is 8.65. The van der Waals surface area contributed by atoms with Gasteiger partial charge in [-0.25, -0.2) is 4.98 Å². The number of aromatic nitrogens is 1. The first kappa shape index (κ1) is 30.6. The lowest BCUT2D eigenvalue weighted by atomic mass is 9.74. The molecular weight excluding hydrogens is 584 g/mol. The zero-order valence-electron chi connectivity index (χ0n) is 24.9. The number of halogens is 2. The summed E-state index contributed by atoms with van der Waals surface area (Å²) in [4.78, 5) is 38.7. The number of methoxy groups -OCH3 is 1. The van der Waals surface area contributed by atoms with Gasteiger partial charge in [0.1, 0.15) is 5.82 Å². The van der Waals surface area contributed by atoms with E-state index in [-0.39, 0.29) is 41.8 Å². The Morgan fingerprint density at radius 3 is 2.51 bits per heavy atom. The lowest BCUT2D eigenvalue weighted by molar-refractivity contribution is -0.117. The highest BCUT2D eigenvalue weighted by atomic mass is 19.3. The van der Waals surface area contributed by atoms with Gasteiger partial charge in [-0.15, -0.1) is 0 Å². The summed E-state index contributed by atoms with van der Waals surface area (Å²) in [5, 5.41) is 13.2. The molecule has 3 unspecified atom stereocenters. The van der Waals surface area contributed by atoms with E-state index in [0.29, 0.717) is 62.5 Å². The molecule has 2 fully saturated rings. The number of anilines is 1. The summed E-state index contributed by atoms with van der Waals surface area (Å²) in [7, 11) is 1.39.